The quantitative estimate of drug-likeness (QED) is 0.766. The molecule has 1 unspecified atom stereocenters. The molecule has 5 nitrogen and oxygen atoms in total. The summed E-state index contributed by atoms with van der Waals surface area (Å²) < 4.78 is 5.82. The molecular weight excluding hydrogens is 352 g/mol. The maximum absolute atomic E-state index is 12.8. The van der Waals surface area contributed by atoms with Crippen LogP contribution in [-0.2, 0) is 22.4 Å². The Balaban J connectivity index is 1.23. The van der Waals surface area contributed by atoms with E-state index < -0.39 is 0 Å². The second-order valence-electron chi connectivity index (χ2n) is 8.45. The molecule has 1 saturated heterocycles. The third kappa shape index (κ3) is 4.34. The van der Waals surface area contributed by atoms with Crippen LogP contribution in [0.1, 0.15) is 62.5 Å². The van der Waals surface area contributed by atoms with Gasteiger partial charge in [0.05, 0.1) is 6.54 Å². The number of benzene rings is 1. The second-order valence-corrected chi connectivity index (χ2v) is 8.45. The van der Waals surface area contributed by atoms with Gasteiger partial charge in [-0.05, 0) is 68.2 Å². The topological polar surface area (TPSA) is 58.6 Å². The van der Waals surface area contributed by atoms with Gasteiger partial charge in [0.2, 0.25) is 11.8 Å². The Morgan fingerprint density at radius 3 is 2.68 bits per heavy atom. The summed E-state index contributed by atoms with van der Waals surface area (Å²) >= 11 is 0. The zero-order valence-corrected chi connectivity index (χ0v) is 16.8. The summed E-state index contributed by atoms with van der Waals surface area (Å²) in [6.45, 7) is 1.64. The van der Waals surface area contributed by atoms with E-state index in [1.54, 1.807) is 0 Å². The van der Waals surface area contributed by atoms with Gasteiger partial charge in [0.15, 0.2) is 0 Å². The molecule has 0 spiro atoms. The fourth-order valence-corrected chi connectivity index (χ4v) is 4.99. The maximum atomic E-state index is 12.8. The van der Waals surface area contributed by atoms with Crippen molar-refractivity contribution in [2.45, 2.75) is 70.3 Å². The largest absolute Gasteiger partial charge is 0.492 e. The lowest BCUT2D eigenvalue weighted by molar-refractivity contribution is -0.142. The molecule has 28 heavy (non-hydrogen) atoms. The highest BCUT2D eigenvalue weighted by Gasteiger charge is 2.37. The van der Waals surface area contributed by atoms with E-state index >= 15 is 0 Å². The number of hydrogen-bond donors (Lipinski definition) is 1. The van der Waals surface area contributed by atoms with Crippen LogP contribution in [0, 0.1) is 5.92 Å². The van der Waals surface area contributed by atoms with Gasteiger partial charge in [-0.1, -0.05) is 25.3 Å². The fourth-order valence-electron chi connectivity index (χ4n) is 4.99. The summed E-state index contributed by atoms with van der Waals surface area (Å²) in [6, 6.07) is 6.01. The third-order valence-electron chi connectivity index (χ3n) is 6.53. The van der Waals surface area contributed by atoms with Gasteiger partial charge < -0.3 is 15.0 Å². The molecule has 1 saturated carbocycles. The van der Waals surface area contributed by atoms with Crippen LogP contribution in [0.5, 0.6) is 5.75 Å². The Morgan fingerprint density at radius 1 is 1.00 bits per heavy atom. The molecule has 0 bridgehead atoms. The van der Waals surface area contributed by atoms with E-state index in [0.717, 1.165) is 57.2 Å². The smallest absolute Gasteiger partial charge is 0.242 e. The molecule has 5 heteroatoms. The minimum atomic E-state index is -0.297. The van der Waals surface area contributed by atoms with Crippen molar-refractivity contribution in [3.05, 3.63) is 29.3 Å². The lowest BCUT2D eigenvalue weighted by Crippen LogP contribution is -2.48. The number of nitrogens with zero attached hydrogens (tertiary/aromatic N) is 1. The number of nitrogens with one attached hydrogen (secondary N) is 1. The number of amides is 2. The van der Waals surface area contributed by atoms with Crippen LogP contribution in [0.4, 0.5) is 0 Å². The zero-order chi connectivity index (χ0) is 19.3. The summed E-state index contributed by atoms with van der Waals surface area (Å²) in [5.41, 5.74) is 2.83. The van der Waals surface area contributed by atoms with Crippen molar-refractivity contribution in [2.75, 3.05) is 19.7 Å². The lowest BCUT2D eigenvalue weighted by atomic mass is 9.88. The predicted octanol–water partition coefficient (Wildman–Crippen LogP) is 3.24. The Hall–Kier alpha value is -2.04. The Bertz CT molecular complexity index is 712. The minimum Gasteiger partial charge on any atom is -0.492 e. The number of fused-ring (bicyclic) bond motifs is 1. The first-order valence-corrected chi connectivity index (χ1v) is 11.0. The lowest BCUT2D eigenvalue weighted by Gasteiger charge is -2.30. The van der Waals surface area contributed by atoms with E-state index in [-0.39, 0.29) is 23.8 Å². The molecule has 4 rings (SSSR count). The van der Waals surface area contributed by atoms with E-state index in [1.807, 2.05) is 11.0 Å². The fraction of sp³-hybridized carbons (Fsp3) is 0.652. The monoisotopic (exact) mass is 384 g/mol. The second kappa shape index (κ2) is 8.97. The summed E-state index contributed by atoms with van der Waals surface area (Å²) in [6.07, 6.45) is 10.7. The van der Waals surface area contributed by atoms with Gasteiger partial charge in [-0.2, -0.15) is 0 Å². The summed E-state index contributed by atoms with van der Waals surface area (Å²) in [7, 11) is 0. The number of likely N-dealkylation sites (tertiary alicyclic amines) is 1. The number of carbonyl (C=O) groups excluding carboxylic acids is 2. The van der Waals surface area contributed by atoms with Gasteiger partial charge in [-0.3, -0.25) is 9.59 Å². The molecule has 2 aliphatic carbocycles. The highest BCUT2D eigenvalue weighted by Crippen LogP contribution is 2.29. The molecule has 2 fully saturated rings. The molecule has 1 atom stereocenters. The summed E-state index contributed by atoms with van der Waals surface area (Å²) in [5, 5.41) is 2.98. The van der Waals surface area contributed by atoms with Gasteiger partial charge in [0, 0.05) is 12.5 Å². The normalized spacial score (nSPS) is 22.1. The first-order valence-electron chi connectivity index (χ1n) is 11.0. The minimum absolute atomic E-state index is 0.0285. The standard InChI is InChI=1S/C23H32N2O3/c26-22(21-10-5-14-25(21)23(27)18-6-2-1-3-7-18)24-13-15-28-20-12-11-17-8-4-9-19(17)16-20/h11-12,16,18,21H,1-10,13-15H2,(H,24,26). The van der Waals surface area contributed by atoms with Crippen molar-refractivity contribution in [1.29, 1.82) is 0 Å². The number of rotatable bonds is 6. The van der Waals surface area contributed by atoms with E-state index in [0.29, 0.717) is 13.2 Å². The average Bonchev–Trinajstić information content (AvgIpc) is 3.40. The molecule has 0 aromatic heterocycles. The van der Waals surface area contributed by atoms with Gasteiger partial charge in [0.1, 0.15) is 18.4 Å². The molecular formula is C23H32N2O3. The zero-order valence-electron chi connectivity index (χ0n) is 16.8. The van der Waals surface area contributed by atoms with Crippen LogP contribution in [0.3, 0.4) is 0 Å². The Kier molecular flexibility index (Phi) is 6.18. The van der Waals surface area contributed by atoms with Crippen molar-refractivity contribution in [3.8, 4) is 5.75 Å². The van der Waals surface area contributed by atoms with Crippen molar-refractivity contribution >= 4 is 11.8 Å². The highest BCUT2D eigenvalue weighted by molar-refractivity contribution is 5.89. The van der Waals surface area contributed by atoms with Crippen LogP contribution in [-0.4, -0.2) is 42.5 Å². The summed E-state index contributed by atoms with van der Waals surface area (Å²) in [4.78, 5) is 27.3. The van der Waals surface area contributed by atoms with Crippen molar-refractivity contribution < 1.29 is 14.3 Å². The van der Waals surface area contributed by atoms with Gasteiger partial charge in [-0.25, -0.2) is 0 Å². The van der Waals surface area contributed by atoms with Gasteiger partial charge in [-0.15, -0.1) is 0 Å². The summed E-state index contributed by atoms with van der Waals surface area (Å²) in [5.74, 6) is 1.18. The molecule has 2 amide bonds. The number of hydrogen-bond acceptors (Lipinski definition) is 3. The molecule has 1 N–H and O–H groups in total. The van der Waals surface area contributed by atoms with Gasteiger partial charge in [0.25, 0.3) is 0 Å². The van der Waals surface area contributed by atoms with Crippen LogP contribution in [0.25, 0.3) is 0 Å². The first-order chi connectivity index (χ1) is 13.7. The van der Waals surface area contributed by atoms with Crippen LogP contribution in [0.2, 0.25) is 0 Å². The third-order valence-corrected chi connectivity index (χ3v) is 6.53. The molecule has 1 aromatic rings. The van der Waals surface area contributed by atoms with Crippen molar-refractivity contribution in [3.63, 3.8) is 0 Å². The van der Waals surface area contributed by atoms with E-state index in [4.69, 9.17) is 4.74 Å². The van der Waals surface area contributed by atoms with Gasteiger partial charge >= 0.3 is 0 Å². The SMILES string of the molecule is O=C(NCCOc1ccc2c(c1)CCC2)C1CCCN1C(=O)C1CCCCC1. The van der Waals surface area contributed by atoms with E-state index in [9.17, 15) is 9.59 Å². The van der Waals surface area contributed by atoms with Crippen LogP contribution >= 0.6 is 0 Å². The molecule has 0 radical (unpaired) electrons. The number of ether oxygens (including phenoxy) is 1. The number of carbonyl (C=O) groups is 2. The molecule has 1 aromatic carbocycles. The van der Waals surface area contributed by atoms with E-state index in [2.05, 4.69) is 17.4 Å². The maximum Gasteiger partial charge on any atom is 0.242 e. The highest BCUT2D eigenvalue weighted by atomic mass is 16.5. The molecule has 1 heterocycles. The van der Waals surface area contributed by atoms with Crippen LogP contribution < -0.4 is 10.1 Å². The van der Waals surface area contributed by atoms with Crippen LogP contribution in [0.15, 0.2) is 18.2 Å². The van der Waals surface area contributed by atoms with Crippen molar-refractivity contribution in [2.24, 2.45) is 5.92 Å². The average molecular weight is 385 g/mol. The molecule has 152 valence electrons. The van der Waals surface area contributed by atoms with Crippen molar-refractivity contribution in [1.82, 2.24) is 10.2 Å². The van der Waals surface area contributed by atoms with E-state index in [1.165, 1.54) is 30.4 Å². The molecule has 3 aliphatic rings. The molecule has 1 aliphatic heterocycles. The Labute approximate surface area is 167 Å². The number of aryl methyl sites for hydroxylation is 2. The predicted molar refractivity (Wildman–Crippen MR) is 108 cm³/mol. The Morgan fingerprint density at radius 2 is 1.82 bits per heavy atom. The first kappa shape index (κ1) is 19.3.